The van der Waals surface area contributed by atoms with E-state index in [4.69, 9.17) is 11.6 Å². The summed E-state index contributed by atoms with van der Waals surface area (Å²) in [7, 11) is -3.71. The van der Waals surface area contributed by atoms with Crippen molar-refractivity contribution < 1.29 is 17.6 Å². The molecule has 0 saturated carbocycles. The van der Waals surface area contributed by atoms with Crippen molar-refractivity contribution >= 4 is 33.2 Å². The maximum Gasteiger partial charge on any atom is 0.240 e. The van der Waals surface area contributed by atoms with Gasteiger partial charge in [0.1, 0.15) is 12.4 Å². The number of aryl methyl sites for hydroxylation is 1. The van der Waals surface area contributed by atoms with Crippen LogP contribution in [0.15, 0.2) is 48.5 Å². The van der Waals surface area contributed by atoms with Gasteiger partial charge in [0, 0.05) is 11.6 Å². The summed E-state index contributed by atoms with van der Waals surface area (Å²) in [6, 6.07) is 12.6. The Hall–Kier alpha value is -2.12. The Labute approximate surface area is 157 Å². The van der Waals surface area contributed by atoms with Crippen LogP contribution in [0.1, 0.15) is 12.0 Å². The average Bonchev–Trinajstić information content (AvgIpc) is 2.57. The minimum absolute atomic E-state index is 0.115. The van der Waals surface area contributed by atoms with E-state index >= 15 is 0 Å². The normalized spacial score (nSPS) is 11.2. The van der Waals surface area contributed by atoms with Crippen LogP contribution in [0.5, 0.6) is 0 Å². The lowest BCUT2D eigenvalue weighted by molar-refractivity contribution is -0.119. The van der Waals surface area contributed by atoms with E-state index in [0.717, 1.165) is 28.6 Å². The summed E-state index contributed by atoms with van der Waals surface area (Å²) in [6.45, 7) is 0.00540. The molecule has 0 unspecified atom stereocenters. The molecule has 1 amide bonds. The van der Waals surface area contributed by atoms with E-state index in [1.807, 2.05) is 12.1 Å². The summed E-state index contributed by atoms with van der Waals surface area (Å²) >= 11 is 5.83. The lowest BCUT2D eigenvalue weighted by Gasteiger charge is -2.21. The molecule has 0 fully saturated rings. The van der Waals surface area contributed by atoms with Gasteiger partial charge in [0.2, 0.25) is 15.9 Å². The summed E-state index contributed by atoms with van der Waals surface area (Å²) in [5.41, 5.74) is 1.21. The monoisotopic (exact) mass is 398 g/mol. The summed E-state index contributed by atoms with van der Waals surface area (Å²) < 4.78 is 38.1. The third kappa shape index (κ3) is 6.31. The number of nitrogens with zero attached hydrogens (tertiary/aromatic N) is 1. The van der Waals surface area contributed by atoms with Crippen LogP contribution in [-0.2, 0) is 21.2 Å². The molecule has 8 heteroatoms. The molecule has 140 valence electrons. The van der Waals surface area contributed by atoms with E-state index in [2.05, 4.69) is 5.32 Å². The van der Waals surface area contributed by atoms with Crippen molar-refractivity contribution in [3.63, 3.8) is 0 Å². The van der Waals surface area contributed by atoms with Gasteiger partial charge in [0.25, 0.3) is 0 Å². The third-order valence-corrected chi connectivity index (χ3v) is 5.05. The number of sulfonamides is 1. The van der Waals surface area contributed by atoms with Crippen molar-refractivity contribution in [2.45, 2.75) is 12.8 Å². The van der Waals surface area contributed by atoms with Gasteiger partial charge in [-0.25, -0.2) is 12.8 Å². The first-order valence-electron chi connectivity index (χ1n) is 8.00. The minimum Gasteiger partial charge on any atom is -0.355 e. The summed E-state index contributed by atoms with van der Waals surface area (Å²) in [6.07, 6.45) is 2.44. The third-order valence-electron chi connectivity index (χ3n) is 3.66. The fourth-order valence-corrected chi connectivity index (χ4v) is 3.36. The lowest BCUT2D eigenvalue weighted by Crippen LogP contribution is -2.40. The summed E-state index contributed by atoms with van der Waals surface area (Å²) in [5.74, 6) is -1.02. The van der Waals surface area contributed by atoms with E-state index in [1.54, 1.807) is 12.1 Å². The molecular weight excluding hydrogens is 379 g/mol. The molecule has 1 N–H and O–H groups in total. The smallest absolute Gasteiger partial charge is 0.240 e. The number of anilines is 1. The first kappa shape index (κ1) is 20.2. The van der Waals surface area contributed by atoms with Crippen molar-refractivity contribution in [3.05, 3.63) is 64.9 Å². The SMILES string of the molecule is CS(=O)(=O)N(CC(=O)NCCCc1ccc(Cl)cc1)c1cccc(F)c1. The molecule has 0 bridgehead atoms. The van der Waals surface area contributed by atoms with Gasteiger partial charge < -0.3 is 5.32 Å². The number of carbonyl (C=O) groups excluding carboxylic acids is 1. The number of hydrogen-bond acceptors (Lipinski definition) is 3. The van der Waals surface area contributed by atoms with Crippen molar-refractivity contribution in [2.75, 3.05) is 23.7 Å². The number of hydrogen-bond donors (Lipinski definition) is 1. The Balaban J connectivity index is 1.88. The lowest BCUT2D eigenvalue weighted by atomic mass is 10.1. The van der Waals surface area contributed by atoms with E-state index in [0.29, 0.717) is 18.0 Å². The Morgan fingerprint density at radius 3 is 2.50 bits per heavy atom. The molecule has 5 nitrogen and oxygen atoms in total. The average molecular weight is 399 g/mol. The maximum absolute atomic E-state index is 13.4. The molecule has 2 aromatic rings. The van der Waals surface area contributed by atoms with Gasteiger partial charge in [-0.2, -0.15) is 0 Å². The van der Waals surface area contributed by atoms with Gasteiger partial charge in [-0.3, -0.25) is 9.10 Å². The highest BCUT2D eigenvalue weighted by Gasteiger charge is 2.20. The van der Waals surface area contributed by atoms with Crippen molar-refractivity contribution in [3.8, 4) is 0 Å². The fourth-order valence-electron chi connectivity index (χ4n) is 2.39. The maximum atomic E-state index is 13.4. The van der Waals surface area contributed by atoms with Gasteiger partial charge in [0.15, 0.2) is 0 Å². The number of rotatable bonds is 8. The zero-order valence-corrected chi connectivity index (χ0v) is 15.9. The number of carbonyl (C=O) groups is 1. The largest absolute Gasteiger partial charge is 0.355 e. The predicted molar refractivity (Wildman–Crippen MR) is 101 cm³/mol. The highest BCUT2D eigenvalue weighted by Crippen LogP contribution is 2.18. The molecule has 0 radical (unpaired) electrons. The van der Waals surface area contributed by atoms with Gasteiger partial charge in [-0.1, -0.05) is 29.8 Å². The Kier molecular flexibility index (Phi) is 6.99. The first-order valence-corrected chi connectivity index (χ1v) is 10.2. The standard InChI is InChI=1S/C18H20ClFN2O3S/c1-26(24,25)22(17-6-2-5-16(20)12-17)13-18(23)21-11-3-4-14-7-9-15(19)10-8-14/h2,5-10,12H,3-4,11,13H2,1H3,(H,21,23). The number of amides is 1. The van der Waals surface area contributed by atoms with Crippen molar-refractivity contribution in [1.29, 1.82) is 0 Å². The van der Waals surface area contributed by atoms with E-state index in [9.17, 15) is 17.6 Å². The fraction of sp³-hybridized carbons (Fsp3) is 0.278. The molecule has 0 saturated heterocycles. The molecule has 26 heavy (non-hydrogen) atoms. The molecule has 0 aliphatic rings. The zero-order chi connectivity index (χ0) is 19.2. The van der Waals surface area contributed by atoms with Crippen LogP contribution in [-0.4, -0.2) is 33.7 Å². The summed E-state index contributed by atoms with van der Waals surface area (Å²) in [5, 5.41) is 3.35. The summed E-state index contributed by atoms with van der Waals surface area (Å²) in [4.78, 5) is 12.1. The Morgan fingerprint density at radius 1 is 1.19 bits per heavy atom. The Morgan fingerprint density at radius 2 is 1.88 bits per heavy atom. The van der Waals surface area contributed by atoms with Crippen LogP contribution >= 0.6 is 11.6 Å². The molecule has 2 aromatic carbocycles. The topological polar surface area (TPSA) is 66.5 Å². The molecule has 0 aromatic heterocycles. The zero-order valence-electron chi connectivity index (χ0n) is 14.3. The van der Waals surface area contributed by atoms with Crippen LogP contribution in [0, 0.1) is 5.82 Å². The molecule has 0 atom stereocenters. The van der Waals surface area contributed by atoms with Crippen molar-refractivity contribution in [2.24, 2.45) is 0 Å². The quantitative estimate of drug-likeness (QED) is 0.695. The van der Waals surface area contributed by atoms with Crippen LogP contribution in [0.3, 0.4) is 0 Å². The predicted octanol–water partition coefficient (Wildman–Crippen LogP) is 2.99. The van der Waals surface area contributed by atoms with Crippen LogP contribution in [0.2, 0.25) is 5.02 Å². The molecule has 0 heterocycles. The van der Waals surface area contributed by atoms with Crippen LogP contribution < -0.4 is 9.62 Å². The molecule has 2 rings (SSSR count). The van der Waals surface area contributed by atoms with Crippen molar-refractivity contribution in [1.82, 2.24) is 5.32 Å². The number of halogens is 2. The van der Waals surface area contributed by atoms with E-state index < -0.39 is 28.3 Å². The second kappa shape index (κ2) is 9.00. The van der Waals surface area contributed by atoms with Gasteiger partial charge in [-0.15, -0.1) is 0 Å². The van der Waals surface area contributed by atoms with Gasteiger partial charge in [0.05, 0.1) is 11.9 Å². The minimum atomic E-state index is -3.71. The highest BCUT2D eigenvalue weighted by molar-refractivity contribution is 7.92. The van der Waals surface area contributed by atoms with E-state index in [1.165, 1.54) is 18.2 Å². The molecule has 0 aliphatic heterocycles. The number of nitrogens with one attached hydrogen (secondary N) is 1. The van der Waals surface area contributed by atoms with Gasteiger partial charge in [-0.05, 0) is 48.7 Å². The molecule has 0 spiro atoms. The highest BCUT2D eigenvalue weighted by atomic mass is 35.5. The van der Waals surface area contributed by atoms with Crippen LogP contribution in [0.4, 0.5) is 10.1 Å². The second-order valence-electron chi connectivity index (χ2n) is 5.83. The number of benzene rings is 2. The van der Waals surface area contributed by atoms with Crippen LogP contribution in [0.25, 0.3) is 0 Å². The Bertz CT molecular complexity index is 857. The van der Waals surface area contributed by atoms with E-state index in [-0.39, 0.29) is 5.69 Å². The first-order chi connectivity index (χ1) is 12.3. The molecule has 0 aliphatic carbocycles. The second-order valence-corrected chi connectivity index (χ2v) is 8.17. The molecular formula is C18H20ClFN2O3S. The van der Waals surface area contributed by atoms with Gasteiger partial charge >= 0.3 is 0 Å².